The summed E-state index contributed by atoms with van der Waals surface area (Å²) in [6, 6.07) is 8.32. The summed E-state index contributed by atoms with van der Waals surface area (Å²) in [6.45, 7) is 4.63. The van der Waals surface area contributed by atoms with Crippen LogP contribution in [0.3, 0.4) is 0 Å². The number of rotatable bonds is 6. The molecule has 3 rings (SSSR count). The second-order valence-corrected chi connectivity index (χ2v) is 6.68. The van der Waals surface area contributed by atoms with E-state index in [1.807, 2.05) is 32.2 Å². The molecule has 2 heterocycles. The first-order chi connectivity index (χ1) is 12.1. The number of hydrogen-bond donors (Lipinski definition) is 1. The summed E-state index contributed by atoms with van der Waals surface area (Å²) in [4.78, 5) is 15.0. The van der Waals surface area contributed by atoms with E-state index >= 15 is 0 Å². The highest BCUT2D eigenvalue weighted by molar-refractivity contribution is 6.04. The summed E-state index contributed by atoms with van der Waals surface area (Å²) >= 11 is 0. The van der Waals surface area contributed by atoms with Crippen molar-refractivity contribution in [3.63, 3.8) is 0 Å². The maximum atomic E-state index is 12.6. The maximum absolute atomic E-state index is 12.6. The summed E-state index contributed by atoms with van der Waals surface area (Å²) in [7, 11) is 3.57. The zero-order valence-electron chi connectivity index (χ0n) is 15.2. The predicted molar refractivity (Wildman–Crippen MR) is 97.6 cm³/mol. The average Bonchev–Trinajstić information content (AvgIpc) is 3.17. The highest BCUT2D eigenvalue weighted by atomic mass is 16.5. The fourth-order valence-electron chi connectivity index (χ4n) is 3.44. The largest absolute Gasteiger partial charge is 0.383 e. The smallest absolute Gasteiger partial charge is 0.256 e. The van der Waals surface area contributed by atoms with Crippen LogP contribution in [-0.4, -0.2) is 46.9 Å². The molecule has 6 heteroatoms. The number of hydrogen-bond acceptors (Lipinski definition) is 4. The predicted octanol–water partition coefficient (Wildman–Crippen LogP) is 2.59. The number of anilines is 1. The molecule has 1 aromatic heterocycles. The molecule has 0 saturated carbocycles. The Kier molecular flexibility index (Phi) is 5.50. The summed E-state index contributed by atoms with van der Waals surface area (Å²) in [6.07, 6.45) is 4.12. The first kappa shape index (κ1) is 17.6. The Bertz CT molecular complexity index is 721. The minimum atomic E-state index is -0.108. The van der Waals surface area contributed by atoms with E-state index in [2.05, 4.69) is 21.4 Å². The van der Waals surface area contributed by atoms with Gasteiger partial charge in [-0.25, -0.2) is 0 Å². The van der Waals surface area contributed by atoms with Crippen molar-refractivity contribution < 1.29 is 9.53 Å². The normalized spacial score (nSPS) is 17.8. The molecule has 0 spiro atoms. The highest BCUT2D eigenvalue weighted by Gasteiger charge is 2.24. The van der Waals surface area contributed by atoms with Gasteiger partial charge in [0, 0.05) is 37.9 Å². The van der Waals surface area contributed by atoms with Gasteiger partial charge in [-0.3, -0.25) is 14.4 Å². The number of carbonyl (C=O) groups excluding carboxylic acids is 1. The molecule has 1 unspecified atom stereocenters. The number of aromatic nitrogens is 2. The van der Waals surface area contributed by atoms with Gasteiger partial charge in [-0.05, 0) is 44.0 Å². The Morgan fingerprint density at radius 1 is 1.44 bits per heavy atom. The molecule has 1 aliphatic rings. The molecule has 1 aliphatic heterocycles. The molecule has 1 aromatic carbocycles. The van der Waals surface area contributed by atoms with E-state index in [0.717, 1.165) is 36.6 Å². The monoisotopic (exact) mass is 342 g/mol. The van der Waals surface area contributed by atoms with E-state index < -0.39 is 0 Å². The second-order valence-electron chi connectivity index (χ2n) is 6.68. The number of ether oxygens (including phenoxy) is 1. The second kappa shape index (κ2) is 7.80. The van der Waals surface area contributed by atoms with E-state index in [9.17, 15) is 4.79 Å². The number of methoxy groups -OCH3 is 1. The molecule has 1 N–H and O–H groups in total. The van der Waals surface area contributed by atoms with Crippen LogP contribution in [0.5, 0.6) is 0 Å². The highest BCUT2D eigenvalue weighted by Crippen LogP contribution is 2.21. The molecular weight excluding hydrogens is 316 g/mol. The van der Waals surface area contributed by atoms with Crippen LogP contribution in [0.2, 0.25) is 0 Å². The Morgan fingerprint density at radius 2 is 2.28 bits per heavy atom. The first-order valence-corrected chi connectivity index (χ1v) is 8.70. The standard InChI is InChI=1S/C19H26N4O2/c1-14-11-20-22(2)18(14)21-19(24)16-7-4-6-15(10-16)12-23-9-5-8-17(23)13-25-3/h4,6-7,10-11,17H,5,8-9,12-13H2,1-3H3,(H,21,24). The number of amides is 1. The van der Waals surface area contributed by atoms with Crippen LogP contribution in [0.4, 0.5) is 5.82 Å². The molecule has 0 radical (unpaired) electrons. The van der Waals surface area contributed by atoms with Gasteiger partial charge >= 0.3 is 0 Å². The number of carbonyl (C=O) groups is 1. The van der Waals surface area contributed by atoms with Crippen LogP contribution in [0, 0.1) is 6.92 Å². The van der Waals surface area contributed by atoms with Crippen molar-refractivity contribution in [1.29, 1.82) is 0 Å². The third-order valence-corrected chi connectivity index (χ3v) is 4.79. The first-order valence-electron chi connectivity index (χ1n) is 8.70. The Labute approximate surface area is 148 Å². The topological polar surface area (TPSA) is 59.4 Å². The van der Waals surface area contributed by atoms with Crippen LogP contribution < -0.4 is 5.32 Å². The van der Waals surface area contributed by atoms with Crippen LogP contribution in [-0.2, 0) is 18.3 Å². The van der Waals surface area contributed by atoms with Crippen LogP contribution in [0.25, 0.3) is 0 Å². The third-order valence-electron chi connectivity index (χ3n) is 4.79. The molecule has 2 aromatic rings. The Morgan fingerprint density at radius 3 is 3.00 bits per heavy atom. The summed E-state index contributed by atoms with van der Waals surface area (Å²) in [5.74, 6) is 0.624. The van der Waals surface area contributed by atoms with Crippen molar-refractivity contribution in [2.45, 2.75) is 32.4 Å². The van der Waals surface area contributed by atoms with Crippen molar-refractivity contribution in [2.75, 3.05) is 25.6 Å². The summed E-state index contributed by atoms with van der Waals surface area (Å²) in [5, 5.41) is 7.11. The van der Waals surface area contributed by atoms with Crippen LogP contribution in [0.1, 0.15) is 34.3 Å². The van der Waals surface area contributed by atoms with Gasteiger partial charge in [0.15, 0.2) is 0 Å². The van der Waals surface area contributed by atoms with Gasteiger partial charge in [0.05, 0.1) is 12.8 Å². The van der Waals surface area contributed by atoms with Gasteiger partial charge in [0.25, 0.3) is 5.91 Å². The summed E-state index contributed by atoms with van der Waals surface area (Å²) < 4.78 is 7.00. The lowest BCUT2D eigenvalue weighted by molar-refractivity contribution is 0.102. The number of aryl methyl sites for hydroxylation is 2. The SMILES string of the molecule is COCC1CCCN1Cc1cccc(C(=O)Nc2c(C)cnn2C)c1. The lowest BCUT2D eigenvalue weighted by Crippen LogP contribution is -2.32. The van der Waals surface area contributed by atoms with E-state index in [-0.39, 0.29) is 5.91 Å². The number of benzene rings is 1. The zero-order chi connectivity index (χ0) is 17.8. The number of nitrogens with one attached hydrogen (secondary N) is 1. The van der Waals surface area contributed by atoms with Crippen molar-refractivity contribution >= 4 is 11.7 Å². The minimum Gasteiger partial charge on any atom is -0.383 e. The molecule has 134 valence electrons. The van der Waals surface area contributed by atoms with Gasteiger partial charge < -0.3 is 10.1 Å². The molecule has 1 amide bonds. The molecule has 25 heavy (non-hydrogen) atoms. The van der Waals surface area contributed by atoms with E-state index in [0.29, 0.717) is 11.6 Å². The van der Waals surface area contributed by atoms with Crippen molar-refractivity contribution in [1.82, 2.24) is 14.7 Å². The van der Waals surface area contributed by atoms with Crippen LogP contribution in [0.15, 0.2) is 30.5 Å². The van der Waals surface area contributed by atoms with Crippen LogP contribution >= 0.6 is 0 Å². The molecule has 1 atom stereocenters. The van der Waals surface area contributed by atoms with Gasteiger partial charge in [-0.2, -0.15) is 5.10 Å². The van der Waals surface area contributed by atoms with E-state index in [1.54, 1.807) is 18.0 Å². The van der Waals surface area contributed by atoms with E-state index in [1.165, 1.54) is 12.8 Å². The lowest BCUT2D eigenvalue weighted by atomic mass is 10.1. The third kappa shape index (κ3) is 4.08. The molecule has 0 aliphatic carbocycles. The van der Waals surface area contributed by atoms with Crippen molar-refractivity contribution in [3.05, 3.63) is 47.2 Å². The Hall–Kier alpha value is -2.18. The summed E-state index contributed by atoms with van der Waals surface area (Å²) in [5.41, 5.74) is 2.77. The fourth-order valence-corrected chi connectivity index (χ4v) is 3.44. The number of nitrogens with zero attached hydrogens (tertiary/aromatic N) is 3. The fraction of sp³-hybridized carbons (Fsp3) is 0.474. The molecule has 1 saturated heterocycles. The van der Waals surface area contributed by atoms with Crippen molar-refractivity contribution in [3.8, 4) is 0 Å². The molecule has 0 bridgehead atoms. The Balaban J connectivity index is 1.70. The number of likely N-dealkylation sites (tertiary alicyclic amines) is 1. The molecule has 1 fully saturated rings. The van der Waals surface area contributed by atoms with Gasteiger partial charge in [-0.1, -0.05) is 12.1 Å². The van der Waals surface area contributed by atoms with Gasteiger partial charge in [0.1, 0.15) is 5.82 Å². The van der Waals surface area contributed by atoms with Crippen molar-refractivity contribution in [2.24, 2.45) is 7.05 Å². The van der Waals surface area contributed by atoms with Gasteiger partial charge in [0.2, 0.25) is 0 Å². The molecular formula is C19H26N4O2. The van der Waals surface area contributed by atoms with Gasteiger partial charge in [-0.15, -0.1) is 0 Å². The minimum absolute atomic E-state index is 0.108. The maximum Gasteiger partial charge on any atom is 0.256 e. The zero-order valence-corrected chi connectivity index (χ0v) is 15.2. The molecule has 6 nitrogen and oxygen atoms in total. The quantitative estimate of drug-likeness (QED) is 0.877. The lowest BCUT2D eigenvalue weighted by Gasteiger charge is -2.24. The average molecular weight is 342 g/mol. The van der Waals surface area contributed by atoms with E-state index in [4.69, 9.17) is 4.74 Å².